The number of anilines is 1. The lowest BCUT2D eigenvalue weighted by molar-refractivity contribution is 0.475. The standard InChI is InChI=1S/C10H12N4O/c1-14-9(7-12-13-14)6-11-8-2-4-10(15)5-3-8/h2-5,7,11,15H,6H2,1H3. The molecule has 0 saturated heterocycles. The van der Waals surface area contributed by atoms with Gasteiger partial charge in [-0.25, -0.2) is 0 Å². The van der Waals surface area contributed by atoms with Gasteiger partial charge in [-0.15, -0.1) is 5.10 Å². The van der Waals surface area contributed by atoms with Gasteiger partial charge in [-0.05, 0) is 24.3 Å². The van der Waals surface area contributed by atoms with Crippen molar-refractivity contribution in [1.29, 1.82) is 0 Å². The molecule has 0 radical (unpaired) electrons. The van der Waals surface area contributed by atoms with Gasteiger partial charge >= 0.3 is 0 Å². The SMILES string of the molecule is Cn1nncc1CNc1ccc(O)cc1. The van der Waals surface area contributed by atoms with Crippen LogP contribution in [0.5, 0.6) is 5.75 Å². The number of phenolic OH excluding ortho intramolecular Hbond substituents is 1. The normalized spacial score (nSPS) is 10.2. The Labute approximate surface area is 87.4 Å². The van der Waals surface area contributed by atoms with Gasteiger partial charge in [0.2, 0.25) is 0 Å². The second-order valence-electron chi connectivity index (χ2n) is 3.25. The third-order valence-corrected chi connectivity index (χ3v) is 2.15. The zero-order valence-corrected chi connectivity index (χ0v) is 8.38. The summed E-state index contributed by atoms with van der Waals surface area (Å²) < 4.78 is 1.72. The predicted molar refractivity (Wildman–Crippen MR) is 56.4 cm³/mol. The molecular formula is C10H12N4O. The van der Waals surface area contributed by atoms with Gasteiger partial charge in [0.25, 0.3) is 0 Å². The Morgan fingerprint density at radius 1 is 1.33 bits per heavy atom. The first-order valence-corrected chi connectivity index (χ1v) is 4.62. The number of hydrogen-bond acceptors (Lipinski definition) is 4. The van der Waals surface area contributed by atoms with Gasteiger partial charge in [0, 0.05) is 12.7 Å². The van der Waals surface area contributed by atoms with Gasteiger partial charge < -0.3 is 10.4 Å². The highest BCUT2D eigenvalue weighted by molar-refractivity contribution is 5.46. The summed E-state index contributed by atoms with van der Waals surface area (Å²) in [5, 5.41) is 19.9. The minimum absolute atomic E-state index is 0.266. The number of aryl methyl sites for hydroxylation is 1. The number of nitrogens with one attached hydrogen (secondary N) is 1. The minimum Gasteiger partial charge on any atom is -0.508 e. The summed E-state index contributed by atoms with van der Waals surface area (Å²) >= 11 is 0. The molecule has 78 valence electrons. The molecule has 0 aliphatic heterocycles. The minimum atomic E-state index is 0.266. The zero-order valence-electron chi connectivity index (χ0n) is 8.38. The molecular weight excluding hydrogens is 192 g/mol. The van der Waals surface area contributed by atoms with Crippen LogP contribution in [-0.4, -0.2) is 20.1 Å². The Hall–Kier alpha value is -2.04. The number of hydrogen-bond donors (Lipinski definition) is 2. The number of phenols is 1. The summed E-state index contributed by atoms with van der Waals surface area (Å²) in [5.41, 5.74) is 1.96. The quantitative estimate of drug-likeness (QED) is 0.736. The Bertz CT molecular complexity index is 435. The molecule has 5 nitrogen and oxygen atoms in total. The highest BCUT2D eigenvalue weighted by atomic mass is 16.3. The topological polar surface area (TPSA) is 63.0 Å². The van der Waals surface area contributed by atoms with Crippen molar-refractivity contribution in [3.05, 3.63) is 36.2 Å². The Morgan fingerprint density at radius 3 is 2.67 bits per heavy atom. The summed E-state index contributed by atoms with van der Waals surface area (Å²) in [7, 11) is 1.85. The van der Waals surface area contributed by atoms with Crippen molar-refractivity contribution in [2.45, 2.75) is 6.54 Å². The largest absolute Gasteiger partial charge is 0.508 e. The van der Waals surface area contributed by atoms with E-state index in [0.29, 0.717) is 6.54 Å². The van der Waals surface area contributed by atoms with E-state index in [1.807, 2.05) is 19.2 Å². The van der Waals surface area contributed by atoms with Crippen molar-refractivity contribution < 1.29 is 5.11 Å². The first-order chi connectivity index (χ1) is 7.25. The predicted octanol–water partition coefficient (Wildman–Crippen LogP) is 1.13. The van der Waals surface area contributed by atoms with Crippen LogP contribution >= 0.6 is 0 Å². The van der Waals surface area contributed by atoms with Gasteiger partial charge in [0.15, 0.2) is 0 Å². The van der Waals surface area contributed by atoms with Gasteiger partial charge in [0.05, 0.1) is 18.4 Å². The van der Waals surface area contributed by atoms with Crippen molar-refractivity contribution in [1.82, 2.24) is 15.0 Å². The molecule has 1 heterocycles. The number of benzene rings is 1. The van der Waals surface area contributed by atoms with Crippen molar-refractivity contribution in [3.63, 3.8) is 0 Å². The lowest BCUT2D eigenvalue weighted by Gasteiger charge is -2.05. The molecule has 5 heteroatoms. The highest BCUT2D eigenvalue weighted by Crippen LogP contribution is 2.14. The van der Waals surface area contributed by atoms with E-state index in [1.165, 1.54) is 0 Å². The van der Waals surface area contributed by atoms with E-state index in [-0.39, 0.29) is 5.75 Å². The van der Waals surface area contributed by atoms with E-state index in [1.54, 1.807) is 23.0 Å². The second kappa shape index (κ2) is 4.00. The molecule has 15 heavy (non-hydrogen) atoms. The van der Waals surface area contributed by atoms with E-state index in [0.717, 1.165) is 11.4 Å². The van der Waals surface area contributed by atoms with Crippen LogP contribution in [0.4, 0.5) is 5.69 Å². The first kappa shape index (κ1) is 9.51. The van der Waals surface area contributed by atoms with Crippen LogP contribution in [0.15, 0.2) is 30.5 Å². The van der Waals surface area contributed by atoms with E-state index in [2.05, 4.69) is 15.6 Å². The van der Waals surface area contributed by atoms with Crippen molar-refractivity contribution >= 4 is 5.69 Å². The average molecular weight is 204 g/mol. The molecule has 1 aromatic carbocycles. The third-order valence-electron chi connectivity index (χ3n) is 2.15. The van der Waals surface area contributed by atoms with Crippen molar-refractivity contribution in [3.8, 4) is 5.75 Å². The highest BCUT2D eigenvalue weighted by Gasteiger charge is 1.99. The van der Waals surface area contributed by atoms with Crippen LogP contribution in [0, 0.1) is 0 Å². The van der Waals surface area contributed by atoms with E-state index >= 15 is 0 Å². The van der Waals surface area contributed by atoms with Gasteiger partial charge in [-0.3, -0.25) is 4.68 Å². The van der Waals surface area contributed by atoms with Crippen LogP contribution in [0.25, 0.3) is 0 Å². The molecule has 0 unspecified atom stereocenters. The summed E-state index contributed by atoms with van der Waals surface area (Å²) in [5.74, 6) is 0.266. The van der Waals surface area contributed by atoms with Crippen LogP contribution < -0.4 is 5.32 Å². The molecule has 1 aromatic heterocycles. The van der Waals surface area contributed by atoms with Crippen LogP contribution in [-0.2, 0) is 13.6 Å². The maximum Gasteiger partial charge on any atom is 0.115 e. The smallest absolute Gasteiger partial charge is 0.115 e. The molecule has 0 fully saturated rings. The van der Waals surface area contributed by atoms with E-state index in [9.17, 15) is 0 Å². The fourth-order valence-electron chi connectivity index (χ4n) is 1.24. The fraction of sp³-hybridized carbons (Fsp3) is 0.200. The summed E-state index contributed by atoms with van der Waals surface area (Å²) in [6, 6.07) is 6.92. The van der Waals surface area contributed by atoms with Gasteiger partial charge in [-0.2, -0.15) is 0 Å². The van der Waals surface area contributed by atoms with Crippen LogP contribution in [0.2, 0.25) is 0 Å². The Kier molecular flexibility index (Phi) is 2.53. The third kappa shape index (κ3) is 2.25. The maximum absolute atomic E-state index is 9.10. The Morgan fingerprint density at radius 2 is 2.07 bits per heavy atom. The molecule has 2 rings (SSSR count). The van der Waals surface area contributed by atoms with Gasteiger partial charge in [-0.1, -0.05) is 5.21 Å². The number of aromatic hydroxyl groups is 1. The molecule has 2 N–H and O–H groups in total. The summed E-state index contributed by atoms with van der Waals surface area (Å²) in [6.45, 7) is 0.661. The molecule has 0 atom stereocenters. The second-order valence-corrected chi connectivity index (χ2v) is 3.25. The average Bonchev–Trinajstić information content (AvgIpc) is 2.63. The summed E-state index contributed by atoms with van der Waals surface area (Å²) in [4.78, 5) is 0. The summed E-state index contributed by atoms with van der Waals surface area (Å²) in [6.07, 6.45) is 1.72. The zero-order chi connectivity index (χ0) is 10.7. The molecule has 0 spiro atoms. The maximum atomic E-state index is 9.10. The fourth-order valence-corrected chi connectivity index (χ4v) is 1.24. The van der Waals surface area contributed by atoms with Crippen LogP contribution in [0.1, 0.15) is 5.69 Å². The van der Waals surface area contributed by atoms with E-state index in [4.69, 9.17) is 5.11 Å². The molecule has 0 aliphatic rings. The van der Waals surface area contributed by atoms with Gasteiger partial charge in [0.1, 0.15) is 5.75 Å². The molecule has 0 aliphatic carbocycles. The number of aromatic nitrogens is 3. The molecule has 0 bridgehead atoms. The van der Waals surface area contributed by atoms with Crippen molar-refractivity contribution in [2.24, 2.45) is 7.05 Å². The lowest BCUT2D eigenvalue weighted by atomic mass is 10.3. The monoisotopic (exact) mass is 204 g/mol. The Balaban J connectivity index is 1.99. The van der Waals surface area contributed by atoms with Crippen LogP contribution in [0.3, 0.4) is 0 Å². The lowest BCUT2D eigenvalue weighted by Crippen LogP contribution is -2.05. The number of nitrogens with zero attached hydrogens (tertiary/aromatic N) is 3. The van der Waals surface area contributed by atoms with E-state index < -0.39 is 0 Å². The van der Waals surface area contributed by atoms with Crippen molar-refractivity contribution in [2.75, 3.05) is 5.32 Å². The molecule has 0 saturated carbocycles. The first-order valence-electron chi connectivity index (χ1n) is 4.62. The molecule has 0 amide bonds. The number of rotatable bonds is 3. The molecule has 2 aromatic rings.